The summed E-state index contributed by atoms with van der Waals surface area (Å²) in [7, 11) is 1.96. The molecule has 16 heavy (non-hydrogen) atoms. The lowest BCUT2D eigenvalue weighted by molar-refractivity contribution is 0.0791. The Kier molecular flexibility index (Phi) is 3.74. The molecule has 0 aliphatic carbocycles. The normalized spacial score (nSPS) is 20.8. The number of nitrogens with zero attached hydrogens (tertiary/aromatic N) is 1. The van der Waals surface area contributed by atoms with Gasteiger partial charge in [-0.3, -0.25) is 0 Å². The zero-order valence-electron chi connectivity index (χ0n) is 9.45. The molecule has 1 aromatic rings. The largest absolute Gasteiger partial charge is 0.378 e. The lowest BCUT2D eigenvalue weighted by atomic mass is 10.2. The van der Waals surface area contributed by atoms with E-state index in [0.717, 1.165) is 32.0 Å². The van der Waals surface area contributed by atoms with Crippen LogP contribution in [0.3, 0.4) is 0 Å². The highest BCUT2D eigenvalue weighted by Gasteiger charge is 2.15. The molecular weight excluding hydrogens is 207 g/mol. The van der Waals surface area contributed by atoms with Gasteiger partial charge in [0.25, 0.3) is 0 Å². The molecule has 1 heterocycles. The summed E-state index contributed by atoms with van der Waals surface area (Å²) in [5.74, 6) is -0.197. The van der Waals surface area contributed by atoms with Gasteiger partial charge in [0.15, 0.2) is 0 Å². The molecule has 0 amide bonds. The molecule has 1 N–H and O–H groups in total. The highest BCUT2D eigenvalue weighted by atomic mass is 19.1. The van der Waals surface area contributed by atoms with Gasteiger partial charge in [0, 0.05) is 31.9 Å². The maximum absolute atomic E-state index is 13.0. The highest BCUT2D eigenvalue weighted by molar-refractivity contribution is 5.45. The van der Waals surface area contributed by atoms with Crippen LogP contribution in [-0.2, 0) is 4.74 Å². The topological polar surface area (TPSA) is 24.5 Å². The van der Waals surface area contributed by atoms with E-state index in [1.54, 1.807) is 12.1 Å². The van der Waals surface area contributed by atoms with Crippen LogP contribution in [0.1, 0.15) is 0 Å². The van der Waals surface area contributed by atoms with Crippen molar-refractivity contribution in [3.63, 3.8) is 0 Å². The van der Waals surface area contributed by atoms with Crippen molar-refractivity contribution in [2.75, 3.05) is 38.3 Å². The van der Waals surface area contributed by atoms with E-state index >= 15 is 0 Å². The lowest BCUT2D eigenvalue weighted by Crippen LogP contribution is -2.47. The molecule has 0 aromatic heterocycles. The van der Waals surface area contributed by atoms with Gasteiger partial charge in [0.1, 0.15) is 5.82 Å². The van der Waals surface area contributed by atoms with Gasteiger partial charge in [0.05, 0.1) is 13.2 Å². The van der Waals surface area contributed by atoms with Crippen molar-refractivity contribution >= 4 is 5.69 Å². The van der Waals surface area contributed by atoms with Crippen molar-refractivity contribution < 1.29 is 9.13 Å². The molecule has 1 aromatic carbocycles. The number of hydrogen-bond donors (Lipinski definition) is 1. The monoisotopic (exact) mass is 224 g/mol. The smallest absolute Gasteiger partial charge is 0.125 e. The number of anilines is 1. The molecule has 0 radical (unpaired) electrons. The Morgan fingerprint density at radius 1 is 1.56 bits per heavy atom. The summed E-state index contributed by atoms with van der Waals surface area (Å²) in [5.41, 5.74) is 0.896. The maximum Gasteiger partial charge on any atom is 0.125 e. The summed E-state index contributed by atoms with van der Waals surface area (Å²) in [6, 6.07) is 6.96. The van der Waals surface area contributed by atoms with Crippen LogP contribution in [0.4, 0.5) is 10.1 Å². The predicted molar refractivity (Wildman–Crippen MR) is 62.3 cm³/mol. The third-order valence-corrected chi connectivity index (χ3v) is 2.74. The first kappa shape index (κ1) is 11.4. The summed E-state index contributed by atoms with van der Waals surface area (Å²) in [5, 5.41) is 3.37. The first-order valence-corrected chi connectivity index (χ1v) is 5.53. The van der Waals surface area contributed by atoms with Crippen LogP contribution in [0, 0.1) is 5.82 Å². The van der Waals surface area contributed by atoms with E-state index in [9.17, 15) is 4.39 Å². The Morgan fingerprint density at radius 2 is 2.44 bits per heavy atom. The fourth-order valence-corrected chi connectivity index (χ4v) is 1.89. The fraction of sp³-hybridized carbons (Fsp3) is 0.500. The Morgan fingerprint density at radius 3 is 3.12 bits per heavy atom. The van der Waals surface area contributed by atoms with Gasteiger partial charge < -0.3 is 15.0 Å². The first-order chi connectivity index (χ1) is 7.75. The quantitative estimate of drug-likeness (QED) is 0.836. The number of morpholine rings is 1. The van der Waals surface area contributed by atoms with Crippen LogP contribution in [0.5, 0.6) is 0 Å². The molecular formula is C12H17FN2O. The minimum Gasteiger partial charge on any atom is -0.378 e. The second-order valence-electron chi connectivity index (χ2n) is 4.09. The summed E-state index contributed by atoms with van der Waals surface area (Å²) in [6.07, 6.45) is 0. The van der Waals surface area contributed by atoms with Gasteiger partial charge >= 0.3 is 0 Å². The zero-order valence-corrected chi connectivity index (χ0v) is 9.45. The second kappa shape index (κ2) is 5.27. The van der Waals surface area contributed by atoms with E-state index in [1.807, 2.05) is 18.0 Å². The van der Waals surface area contributed by atoms with Crippen LogP contribution < -0.4 is 10.2 Å². The van der Waals surface area contributed by atoms with Crippen molar-refractivity contribution in [2.45, 2.75) is 6.04 Å². The molecule has 3 nitrogen and oxygen atoms in total. The third kappa shape index (κ3) is 2.93. The lowest BCUT2D eigenvalue weighted by Gasteiger charge is -2.29. The average Bonchev–Trinajstić information content (AvgIpc) is 2.30. The summed E-state index contributed by atoms with van der Waals surface area (Å²) < 4.78 is 18.4. The SMILES string of the molecule is CN(CC1COCCN1)c1cccc(F)c1. The van der Waals surface area contributed by atoms with Crippen LogP contribution in [0.2, 0.25) is 0 Å². The molecule has 1 saturated heterocycles. The van der Waals surface area contributed by atoms with Gasteiger partial charge in [-0.25, -0.2) is 4.39 Å². The number of nitrogens with one attached hydrogen (secondary N) is 1. The van der Waals surface area contributed by atoms with Gasteiger partial charge in [-0.1, -0.05) is 6.07 Å². The van der Waals surface area contributed by atoms with E-state index in [4.69, 9.17) is 4.74 Å². The molecule has 1 unspecified atom stereocenters. The van der Waals surface area contributed by atoms with E-state index in [0.29, 0.717) is 6.04 Å². The summed E-state index contributed by atoms with van der Waals surface area (Å²) >= 11 is 0. The van der Waals surface area contributed by atoms with Crippen molar-refractivity contribution in [3.05, 3.63) is 30.1 Å². The first-order valence-electron chi connectivity index (χ1n) is 5.53. The number of benzene rings is 1. The second-order valence-corrected chi connectivity index (χ2v) is 4.09. The van der Waals surface area contributed by atoms with Crippen molar-refractivity contribution in [1.29, 1.82) is 0 Å². The van der Waals surface area contributed by atoms with Gasteiger partial charge in [-0.2, -0.15) is 0 Å². The van der Waals surface area contributed by atoms with Crippen LogP contribution in [-0.4, -0.2) is 39.4 Å². The Bertz CT molecular complexity index is 340. The van der Waals surface area contributed by atoms with Gasteiger partial charge in [0.2, 0.25) is 0 Å². The minimum atomic E-state index is -0.197. The molecule has 1 atom stereocenters. The maximum atomic E-state index is 13.0. The molecule has 0 spiro atoms. The number of halogens is 1. The number of rotatable bonds is 3. The molecule has 0 bridgehead atoms. The van der Waals surface area contributed by atoms with Crippen molar-refractivity contribution in [3.8, 4) is 0 Å². The van der Waals surface area contributed by atoms with Crippen LogP contribution in [0.25, 0.3) is 0 Å². The number of likely N-dealkylation sites (N-methyl/N-ethyl adjacent to an activating group) is 1. The van der Waals surface area contributed by atoms with Crippen LogP contribution >= 0.6 is 0 Å². The Hall–Kier alpha value is -1.13. The summed E-state index contributed by atoms with van der Waals surface area (Å²) in [6.45, 7) is 3.21. The molecule has 88 valence electrons. The molecule has 4 heteroatoms. The molecule has 1 aliphatic rings. The van der Waals surface area contributed by atoms with Crippen LogP contribution in [0.15, 0.2) is 24.3 Å². The number of hydrogen-bond acceptors (Lipinski definition) is 3. The highest BCUT2D eigenvalue weighted by Crippen LogP contribution is 2.14. The van der Waals surface area contributed by atoms with Crippen molar-refractivity contribution in [1.82, 2.24) is 5.32 Å². The Balaban J connectivity index is 1.94. The minimum absolute atomic E-state index is 0.197. The summed E-state index contributed by atoms with van der Waals surface area (Å²) in [4.78, 5) is 2.04. The molecule has 1 aliphatic heterocycles. The Labute approximate surface area is 95.2 Å². The van der Waals surface area contributed by atoms with E-state index < -0.39 is 0 Å². The van der Waals surface area contributed by atoms with E-state index in [-0.39, 0.29) is 5.82 Å². The number of ether oxygens (including phenoxy) is 1. The van der Waals surface area contributed by atoms with E-state index in [2.05, 4.69) is 5.32 Å². The molecule has 1 fully saturated rings. The predicted octanol–water partition coefficient (Wildman–Crippen LogP) is 1.25. The fourth-order valence-electron chi connectivity index (χ4n) is 1.89. The zero-order chi connectivity index (χ0) is 11.4. The standard InChI is InChI=1S/C12H17FN2O/c1-15(8-11-9-16-6-5-14-11)12-4-2-3-10(13)7-12/h2-4,7,11,14H,5-6,8-9H2,1H3. The average molecular weight is 224 g/mol. The van der Waals surface area contributed by atoms with Gasteiger partial charge in [-0.05, 0) is 18.2 Å². The van der Waals surface area contributed by atoms with Gasteiger partial charge in [-0.15, -0.1) is 0 Å². The third-order valence-electron chi connectivity index (χ3n) is 2.74. The molecule has 0 saturated carbocycles. The molecule has 2 rings (SSSR count). The van der Waals surface area contributed by atoms with E-state index in [1.165, 1.54) is 6.07 Å². The van der Waals surface area contributed by atoms with Crippen molar-refractivity contribution in [2.24, 2.45) is 0 Å².